The number of ketones is 1. The van der Waals surface area contributed by atoms with E-state index in [4.69, 9.17) is 0 Å². The Morgan fingerprint density at radius 3 is 2.21 bits per heavy atom. The van der Waals surface area contributed by atoms with Crippen molar-refractivity contribution in [3.05, 3.63) is 77.0 Å². The predicted octanol–water partition coefficient (Wildman–Crippen LogP) is 4.59. The molecule has 0 fully saturated rings. The number of hydrogen-bond acceptors (Lipinski definition) is 2. The van der Waals surface area contributed by atoms with Crippen LogP contribution in [-0.2, 0) is 4.79 Å². The summed E-state index contributed by atoms with van der Waals surface area (Å²) in [6.07, 6.45) is 3.71. The average Bonchev–Trinajstić information content (AvgIpc) is 2.58. The molecule has 0 saturated heterocycles. The van der Waals surface area contributed by atoms with Gasteiger partial charge in [-0.25, -0.2) is 0 Å². The molecule has 3 rings (SSSR count). The lowest BCUT2D eigenvalue weighted by atomic mass is 9.99. The SMILES string of the molecule is Cc1cccc(C)c1N(C(=O)c1ccccc1)C1=CC(=O)CCC1. The van der Waals surface area contributed by atoms with Crippen LogP contribution in [-0.4, -0.2) is 11.7 Å². The highest BCUT2D eigenvalue weighted by Crippen LogP contribution is 2.32. The van der Waals surface area contributed by atoms with Gasteiger partial charge in [-0.15, -0.1) is 0 Å². The highest BCUT2D eigenvalue weighted by atomic mass is 16.2. The van der Waals surface area contributed by atoms with E-state index in [0.29, 0.717) is 12.0 Å². The maximum absolute atomic E-state index is 13.2. The fourth-order valence-electron chi connectivity index (χ4n) is 3.19. The molecule has 0 unspecified atom stereocenters. The molecule has 0 spiro atoms. The molecule has 0 heterocycles. The van der Waals surface area contributed by atoms with Gasteiger partial charge in [-0.3, -0.25) is 14.5 Å². The lowest BCUT2D eigenvalue weighted by molar-refractivity contribution is -0.115. The Morgan fingerprint density at radius 2 is 1.58 bits per heavy atom. The summed E-state index contributed by atoms with van der Waals surface area (Å²) in [5, 5.41) is 0. The highest BCUT2D eigenvalue weighted by molar-refractivity contribution is 6.10. The number of carbonyl (C=O) groups is 2. The Morgan fingerprint density at radius 1 is 0.917 bits per heavy atom. The van der Waals surface area contributed by atoms with E-state index in [1.54, 1.807) is 11.0 Å². The molecule has 0 aromatic heterocycles. The molecule has 0 aliphatic heterocycles. The van der Waals surface area contributed by atoms with Crippen LogP contribution in [0.3, 0.4) is 0 Å². The third-order valence-electron chi connectivity index (χ3n) is 4.36. The van der Waals surface area contributed by atoms with Crippen molar-refractivity contribution in [2.24, 2.45) is 0 Å². The Balaban J connectivity index is 2.15. The summed E-state index contributed by atoms with van der Waals surface area (Å²) in [5.74, 6) is 0.00213. The Kier molecular flexibility index (Phi) is 4.61. The fourth-order valence-corrected chi connectivity index (χ4v) is 3.19. The summed E-state index contributed by atoms with van der Waals surface area (Å²) in [4.78, 5) is 26.9. The second-order valence-electron chi connectivity index (χ2n) is 6.20. The van der Waals surface area contributed by atoms with Gasteiger partial charge in [-0.2, -0.15) is 0 Å². The normalized spacial score (nSPS) is 14.2. The summed E-state index contributed by atoms with van der Waals surface area (Å²) in [6, 6.07) is 15.2. The number of carbonyl (C=O) groups excluding carboxylic acids is 2. The van der Waals surface area contributed by atoms with E-state index in [1.807, 2.05) is 62.4 Å². The molecule has 1 aliphatic rings. The van der Waals surface area contributed by atoms with Crippen LogP contribution in [0.4, 0.5) is 5.69 Å². The van der Waals surface area contributed by atoms with Gasteiger partial charge in [0.2, 0.25) is 0 Å². The summed E-state index contributed by atoms with van der Waals surface area (Å²) in [5.41, 5.74) is 4.35. The van der Waals surface area contributed by atoms with Gasteiger partial charge >= 0.3 is 0 Å². The van der Waals surface area contributed by atoms with E-state index in [2.05, 4.69) is 0 Å². The zero-order valence-corrected chi connectivity index (χ0v) is 14.1. The van der Waals surface area contributed by atoms with Crippen molar-refractivity contribution in [2.75, 3.05) is 4.90 Å². The molecule has 24 heavy (non-hydrogen) atoms. The Hall–Kier alpha value is -2.68. The standard InChI is InChI=1S/C21H21NO2/c1-15-8-6-9-16(2)20(15)22(18-12-7-13-19(23)14-18)21(24)17-10-4-3-5-11-17/h3-6,8-11,14H,7,12-13H2,1-2H3. The van der Waals surface area contributed by atoms with Crippen molar-refractivity contribution in [1.29, 1.82) is 0 Å². The van der Waals surface area contributed by atoms with E-state index in [1.165, 1.54) is 0 Å². The topological polar surface area (TPSA) is 37.4 Å². The largest absolute Gasteiger partial charge is 0.295 e. The number of anilines is 1. The summed E-state index contributed by atoms with van der Waals surface area (Å²) >= 11 is 0. The van der Waals surface area contributed by atoms with Crippen LogP contribution in [0.2, 0.25) is 0 Å². The lowest BCUT2D eigenvalue weighted by Gasteiger charge is -2.30. The first-order valence-corrected chi connectivity index (χ1v) is 8.27. The van der Waals surface area contributed by atoms with E-state index in [-0.39, 0.29) is 11.7 Å². The van der Waals surface area contributed by atoms with Crippen LogP contribution in [0.5, 0.6) is 0 Å². The first-order chi connectivity index (χ1) is 11.6. The number of allylic oxidation sites excluding steroid dienone is 2. The molecular formula is C21H21NO2. The van der Waals surface area contributed by atoms with Crippen molar-refractivity contribution in [3.63, 3.8) is 0 Å². The van der Waals surface area contributed by atoms with Crippen LogP contribution in [0.25, 0.3) is 0 Å². The van der Waals surface area contributed by atoms with Gasteiger partial charge in [0.05, 0.1) is 5.69 Å². The molecule has 0 atom stereocenters. The maximum Gasteiger partial charge on any atom is 0.262 e. The summed E-state index contributed by atoms with van der Waals surface area (Å²) in [7, 11) is 0. The van der Waals surface area contributed by atoms with Gasteiger partial charge in [0.1, 0.15) is 0 Å². The zero-order chi connectivity index (χ0) is 17.1. The quantitative estimate of drug-likeness (QED) is 0.830. The van der Waals surface area contributed by atoms with E-state index in [9.17, 15) is 9.59 Å². The summed E-state index contributed by atoms with van der Waals surface area (Å²) < 4.78 is 0. The second kappa shape index (κ2) is 6.83. The molecule has 0 N–H and O–H groups in total. The van der Waals surface area contributed by atoms with Crippen LogP contribution in [0.15, 0.2) is 60.3 Å². The fraction of sp³-hybridized carbons (Fsp3) is 0.238. The lowest BCUT2D eigenvalue weighted by Crippen LogP contribution is -2.33. The van der Waals surface area contributed by atoms with Crippen LogP contribution in [0.1, 0.15) is 40.7 Å². The van der Waals surface area contributed by atoms with Crippen molar-refractivity contribution in [3.8, 4) is 0 Å². The number of benzene rings is 2. The average molecular weight is 319 g/mol. The Bertz CT molecular complexity index is 786. The third kappa shape index (κ3) is 3.16. The molecule has 2 aromatic rings. The minimum absolute atomic E-state index is 0.0889. The monoisotopic (exact) mass is 319 g/mol. The Labute approximate surface area is 142 Å². The molecule has 0 bridgehead atoms. The molecule has 3 heteroatoms. The maximum atomic E-state index is 13.2. The second-order valence-corrected chi connectivity index (χ2v) is 6.20. The predicted molar refractivity (Wildman–Crippen MR) is 96.1 cm³/mol. The van der Waals surface area contributed by atoms with Gasteiger partial charge in [0, 0.05) is 23.8 Å². The number of para-hydroxylation sites is 1. The molecule has 3 nitrogen and oxygen atoms in total. The zero-order valence-electron chi connectivity index (χ0n) is 14.1. The molecule has 1 aliphatic carbocycles. The minimum Gasteiger partial charge on any atom is -0.295 e. The van der Waals surface area contributed by atoms with Gasteiger partial charge < -0.3 is 0 Å². The van der Waals surface area contributed by atoms with E-state index < -0.39 is 0 Å². The first-order valence-electron chi connectivity index (χ1n) is 8.27. The van der Waals surface area contributed by atoms with E-state index in [0.717, 1.165) is 35.4 Å². The van der Waals surface area contributed by atoms with Crippen molar-refractivity contribution in [2.45, 2.75) is 33.1 Å². The molecule has 0 radical (unpaired) electrons. The smallest absolute Gasteiger partial charge is 0.262 e. The molecule has 122 valence electrons. The molecular weight excluding hydrogens is 298 g/mol. The minimum atomic E-state index is -0.0889. The van der Waals surface area contributed by atoms with E-state index >= 15 is 0 Å². The highest BCUT2D eigenvalue weighted by Gasteiger charge is 2.26. The van der Waals surface area contributed by atoms with Gasteiger partial charge in [-0.1, -0.05) is 36.4 Å². The number of aryl methyl sites for hydroxylation is 2. The number of rotatable bonds is 3. The van der Waals surface area contributed by atoms with Gasteiger partial charge in [-0.05, 0) is 49.9 Å². The number of amides is 1. The van der Waals surface area contributed by atoms with Crippen molar-refractivity contribution in [1.82, 2.24) is 0 Å². The molecule has 2 aromatic carbocycles. The molecule has 1 amide bonds. The van der Waals surface area contributed by atoms with Gasteiger partial charge in [0.15, 0.2) is 5.78 Å². The van der Waals surface area contributed by atoms with Crippen molar-refractivity contribution < 1.29 is 9.59 Å². The molecule has 0 saturated carbocycles. The number of hydrogen-bond donors (Lipinski definition) is 0. The van der Waals surface area contributed by atoms with Gasteiger partial charge in [0.25, 0.3) is 5.91 Å². The van der Waals surface area contributed by atoms with Crippen LogP contribution in [0, 0.1) is 13.8 Å². The number of nitrogens with zero attached hydrogens (tertiary/aromatic N) is 1. The van der Waals surface area contributed by atoms with Crippen molar-refractivity contribution >= 4 is 17.4 Å². The third-order valence-corrected chi connectivity index (χ3v) is 4.36. The van der Waals surface area contributed by atoms with Crippen LogP contribution >= 0.6 is 0 Å². The summed E-state index contributed by atoms with van der Waals surface area (Å²) in [6.45, 7) is 4.00. The first kappa shape index (κ1) is 16.2. The van der Waals surface area contributed by atoms with Crippen LogP contribution < -0.4 is 4.90 Å².